The van der Waals surface area contributed by atoms with Crippen molar-refractivity contribution >= 4 is 11.8 Å². The van der Waals surface area contributed by atoms with E-state index >= 15 is 0 Å². The molecule has 0 radical (unpaired) electrons. The van der Waals surface area contributed by atoms with Gasteiger partial charge < -0.3 is 4.57 Å². The molecule has 0 aliphatic rings. The van der Waals surface area contributed by atoms with Crippen LogP contribution in [0.15, 0.2) is 23.9 Å². The number of rotatable bonds is 6. The fourth-order valence-electron chi connectivity index (χ4n) is 1.49. The van der Waals surface area contributed by atoms with Gasteiger partial charge in [-0.05, 0) is 6.26 Å². The van der Waals surface area contributed by atoms with E-state index in [9.17, 15) is 4.91 Å². The summed E-state index contributed by atoms with van der Waals surface area (Å²) in [4.78, 5) is 14.8. The van der Waals surface area contributed by atoms with Crippen LogP contribution >= 0.6 is 11.8 Å². The standard InChI is InChI=1S/C10H17N3OS/c1-10(2,7-15-3)9(12-14)6-13-5-4-11-8-13/h4-5,8-9H,6-7H2,1-3H3. The maximum atomic E-state index is 10.9. The Balaban J connectivity index is 2.67. The van der Waals surface area contributed by atoms with Gasteiger partial charge in [0.05, 0.1) is 6.33 Å². The molecule has 1 aromatic rings. The highest BCUT2D eigenvalue weighted by Crippen LogP contribution is 2.28. The molecular weight excluding hydrogens is 210 g/mol. The van der Waals surface area contributed by atoms with Gasteiger partial charge in [0.2, 0.25) is 0 Å². The Bertz CT molecular complexity index is 298. The molecule has 0 aliphatic carbocycles. The minimum absolute atomic E-state index is 0.0779. The molecule has 0 aliphatic heterocycles. The van der Waals surface area contributed by atoms with E-state index in [1.807, 2.05) is 17.0 Å². The number of nitroso groups, excluding NO2 is 1. The quantitative estimate of drug-likeness (QED) is 0.701. The van der Waals surface area contributed by atoms with Gasteiger partial charge in [0, 0.05) is 30.1 Å². The third-order valence-corrected chi connectivity index (χ3v) is 3.52. The van der Waals surface area contributed by atoms with E-state index in [1.165, 1.54) is 0 Å². The highest BCUT2D eigenvalue weighted by molar-refractivity contribution is 7.98. The van der Waals surface area contributed by atoms with Crippen molar-refractivity contribution in [1.82, 2.24) is 9.55 Å². The van der Waals surface area contributed by atoms with E-state index in [4.69, 9.17) is 0 Å². The van der Waals surface area contributed by atoms with Crippen LogP contribution in [-0.2, 0) is 6.54 Å². The molecule has 0 spiro atoms. The molecule has 0 amide bonds. The summed E-state index contributed by atoms with van der Waals surface area (Å²) in [5.74, 6) is 0.929. The molecule has 0 saturated carbocycles. The number of imidazole rings is 1. The second-order valence-electron chi connectivity index (χ2n) is 4.30. The van der Waals surface area contributed by atoms with Crippen molar-refractivity contribution in [2.75, 3.05) is 12.0 Å². The molecule has 1 unspecified atom stereocenters. The maximum Gasteiger partial charge on any atom is 0.116 e. The molecule has 1 atom stereocenters. The lowest BCUT2D eigenvalue weighted by Crippen LogP contribution is -2.33. The lowest BCUT2D eigenvalue weighted by Gasteiger charge is -2.28. The van der Waals surface area contributed by atoms with Gasteiger partial charge in [-0.3, -0.25) is 0 Å². The minimum atomic E-state index is -0.209. The molecule has 1 heterocycles. The van der Waals surface area contributed by atoms with Crippen LogP contribution in [0, 0.1) is 10.3 Å². The topological polar surface area (TPSA) is 47.2 Å². The van der Waals surface area contributed by atoms with Gasteiger partial charge in [-0.15, -0.1) is 0 Å². The average Bonchev–Trinajstić information content (AvgIpc) is 2.66. The van der Waals surface area contributed by atoms with E-state index in [2.05, 4.69) is 24.0 Å². The molecule has 15 heavy (non-hydrogen) atoms. The Hall–Kier alpha value is -0.840. The van der Waals surface area contributed by atoms with E-state index in [1.54, 1.807) is 24.3 Å². The lowest BCUT2D eigenvalue weighted by molar-refractivity contribution is 0.299. The van der Waals surface area contributed by atoms with E-state index in [0.717, 1.165) is 5.75 Å². The number of aromatic nitrogens is 2. The summed E-state index contributed by atoms with van der Waals surface area (Å²) >= 11 is 1.74. The van der Waals surface area contributed by atoms with Gasteiger partial charge in [0.15, 0.2) is 0 Å². The summed E-state index contributed by atoms with van der Waals surface area (Å²) in [6.45, 7) is 4.76. The molecule has 4 nitrogen and oxygen atoms in total. The van der Waals surface area contributed by atoms with Gasteiger partial charge in [-0.2, -0.15) is 16.7 Å². The summed E-state index contributed by atoms with van der Waals surface area (Å²) < 4.78 is 1.90. The van der Waals surface area contributed by atoms with Gasteiger partial charge in [0.25, 0.3) is 0 Å². The number of hydrogen-bond donors (Lipinski definition) is 0. The Morgan fingerprint density at radius 2 is 2.33 bits per heavy atom. The number of thioether (sulfide) groups is 1. The van der Waals surface area contributed by atoms with Crippen molar-refractivity contribution in [2.24, 2.45) is 10.6 Å². The van der Waals surface area contributed by atoms with Crippen LogP contribution in [0.25, 0.3) is 0 Å². The zero-order chi connectivity index (χ0) is 11.3. The molecule has 0 N–H and O–H groups in total. The maximum absolute atomic E-state index is 10.9. The van der Waals surface area contributed by atoms with Crippen LogP contribution < -0.4 is 0 Å². The molecular formula is C10H17N3OS. The number of nitrogens with zero attached hydrogens (tertiary/aromatic N) is 3. The van der Waals surface area contributed by atoms with Crippen LogP contribution in [0.1, 0.15) is 13.8 Å². The molecule has 0 fully saturated rings. The van der Waals surface area contributed by atoms with Crippen molar-refractivity contribution in [3.05, 3.63) is 23.6 Å². The predicted octanol–water partition coefficient (Wildman–Crippen LogP) is 2.41. The first-order chi connectivity index (χ1) is 7.10. The summed E-state index contributed by atoms with van der Waals surface area (Å²) in [7, 11) is 0. The lowest BCUT2D eigenvalue weighted by atomic mass is 9.87. The second-order valence-corrected chi connectivity index (χ2v) is 5.17. The van der Waals surface area contributed by atoms with E-state index in [0.29, 0.717) is 6.54 Å². The van der Waals surface area contributed by atoms with Gasteiger partial charge >= 0.3 is 0 Å². The van der Waals surface area contributed by atoms with Crippen molar-refractivity contribution in [3.8, 4) is 0 Å². The van der Waals surface area contributed by atoms with Crippen molar-refractivity contribution < 1.29 is 0 Å². The van der Waals surface area contributed by atoms with Crippen LogP contribution in [0.4, 0.5) is 0 Å². The molecule has 0 aromatic carbocycles. The first-order valence-corrected chi connectivity index (χ1v) is 6.26. The van der Waals surface area contributed by atoms with Gasteiger partial charge in [-0.1, -0.05) is 19.0 Å². The first-order valence-electron chi connectivity index (χ1n) is 4.87. The van der Waals surface area contributed by atoms with Crippen LogP contribution in [0.2, 0.25) is 0 Å². The van der Waals surface area contributed by atoms with Crippen molar-refractivity contribution in [2.45, 2.75) is 26.4 Å². The Morgan fingerprint density at radius 1 is 1.60 bits per heavy atom. The molecule has 1 aromatic heterocycles. The van der Waals surface area contributed by atoms with Crippen molar-refractivity contribution in [1.29, 1.82) is 0 Å². The van der Waals surface area contributed by atoms with Crippen LogP contribution in [0.5, 0.6) is 0 Å². The zero-order valence-corrected chi connectivity index (χ0v) is 10.2. The Morgan fingerprint density at radius 3 is 2.80 bits per heavy atom. The van der Waals surface area contributed by atoms with Crippen LogP contribution in [-0.4, -0.2) is 27.6 Å². The second kappa shape index (κ2) is 5.30. The third kappa shape index (κ3) is 3.34. The molecule has 0 bridgehead atoms. The number of hydrogen-bond acceptors (Lipinski definition) is 4. The van der Waals surface area contributed by atoms with E-state index < -0.39 is 0 Å². The first kappa shape index (κ1) is 12.2. The normalized spacial score (nSPS) is 13.8. The Labute approximate surface area is 94.4 Å². The highest BCUT2D eigenvalue weighted by atomic mass is 32.2. The van der Waals surface area contributed by atoms with Gasteiger partial charge in [-0.25, -0.2) is 4.98 Å². The monoisotopic (exact) mass is 227 g/mol. The summed E-state index contributed by atoms with van der Waals surface area (Å²) in [6.07, 6.45) is 7.32. The third-order valence-electron chi connectivity index (χ3n) is 2.49. The smallest absolute Gasteiger partial charge is 0.116 e. The Kier molecular flexibility index (Phi) is 4.32. The summed E-state index contributed by atoms with van der Waals surface area (Å²) in [5.41, 5.74) is -0.0779. The van der Waals surface area contributed by atoms with Gasteiger partial charge in [0.1, 0.15) is 6.04 Å². The zero-order valence-electron chi connectivity index (χ0n) is 9.38. The fourth-order valence-corrected chi connectivity index (χ4v) is 2.42. The largest absolute Gasteiger partial charge is 0.335 e. The molecule has 5 heteroatoms. The highest BCUT2D eigenvalue weighted by Gasteiger charge is 2.30. The average molecular weight is 227 g/mol. The summed E-state index contributed by atoms with van der Waals surface area (Å²) in [6, 6.07) is -0.209. The minimum Gasteiger partial charge on any atom is -0.335 e. The molecule has 0 saturated heterocycles. The fraction of sp³-hybridized carbons (Fsp3) is 0.700. The molecule has 84 valence electrons. The molecule has 1 rings (SSSR count). The predicted molar refractivity (Wildman–Crippen MR) is 64.0 cm³/mol. The van der Waals surface area contributed by atoms with Crippen LogP contribution in [0.3, 0.4) is 0 Å². The van der Waals surface area contributed by atoms with Crippen molar-refractivity contribution in [3.63, 3.8) is 0 Å². The van der Waals surface area contributed by atoms with E-state index in [-0.39, 0.29) is 11.5 Å². The SMILES string of the molecule is CSCC(C)(C)C(Cn1ccnc1)N=O. The summed E-state index contributed by atoms with van der Waals surface area (Å²) in [5, 5.41) is 3.24.